The number of hydrogen-bond donors (Lipinski definition) is 0. The SMILES string of the molecule is C=CC[C@@](C)(COC)S(=O)(=O)N(Cc1ccc(C)cc1)Cc1ccc(OC)cc1.C=CC[C@](C)(COC)S(=O)(=O)N(Cc1ccc(C)cc1)Cc1ccc(OC)cc1. The molecule has 0 aromatic heterocycles. The fraction of sp³-hybridized carbons (Fsp3) is 0.391. The highest BCUT2D eigenvalue weighted by Gasteiger charge is 2.44. The number of sulfonamides is 2. The number of hydrogen-bond acceptors (Lipinski definition) is 8. The van der Waals surface area contributed by atoms with E-state index < -0.39 is 29.5 Å². The van der Waals surface area contributed by atoms with Crippen molar-refractivity contribution < 1.29 is 35.8 Å². The molecule has 10 nitrogen and oxygen atoms in total. The van der Waals surface area contributed by atoms with E-state index in [-0.39, 0.29) is 39.4 Å². The zero-order valence-electron chi connectivity index (χ0n) is 35.4. The van der Waals surface area contributed by atoms with Crippen molar-refractivity contribution in [1.29, 1.82) is 0 Å². The van der Waals surface area contributed by atoms with E-state index >= 15 is 0 Å². The van der Waals surface area contributed by atoms with Crippen LogP contribution in [0.1, 0.15) is 60.1 Å². The van der Waals surface area contributed by atoms with Crippen LogP contribution >= 0.6 is 0 Å². The molecule has 2 atom stereocenters. The molecule has 0 bridgehead atoms. The minimum absolute atomic E-state index is 0.0916. The van der Waals surface area contributed by atoms with Crippen LogP contribution in [0.5, 0.6) is 11.5 Å². The van der Waals surface area contributed by atoms with Crippen LogP contribution in [0.15, 0.2) is 122 Å². The van der Waals surface area contributed by atoms with E-state index in [2.05, 4.69) is 13.2 Å². The van der Waals surface area contributed by atoms with Crippen molar-refractivity contribution in [2.75, 3.05) is 41.7 Å². The number of nitrogens with zero attached hydrogens (tertiary/aromatic N) is 2. The Kier molecular flexibility index (Phi) is 18.4. The molecule has 58 heavy (non-hydrogen) atoms. The van der Waals surface area contributed by atoms with Crippen molar-refractivity contribution in [3.05, 3.63) is 156 Å². The molecule has 0 spiro atoms. The third-order valence-electron chi connectivity index (χ3n) is 9.97. The highest BCUT2D eigenvalue weighted by molar-refractivity contribution is 7.90. The smallest absolute Gasteiger partial charge is 0.222 e. The highest BCUT2D eigenvalue weighted by atomic mass is 32.2. The second-order valence-electron chi connectivity index (χ2n) is 15.0. The molecule has 0 heterocycles. The van der Waals surface area contributed by atoms with E-state index in [0.717, 1.165) is 44.9 Å². The van der Waals surface area contributed by atoms with E-state index in [9.17, 15) is 16.8 Å². The van der Waals surface area contributed by atoms with Gasteiger partial charge in [-0.25, -0.2) is 16.8 Å². The van der Waals surface area contributed by atoms with Crippen LogP contribution in [0.3, 0.4) is 0 Å². The maximum atomic E-state index is 13.7. The molecule has 12 heteroatoms. The van der Waals surface area contributed by atoms with Crippen LogP contribution in [0.2, 0.25) is 0 Å². The topological polar surface area (TPSA) is 112 Å². The monoisotopic (exact) mass is 834 g/mol. The van der Waals surface area contributed by atoms with E-state index in [0.29, 0.717) is 12.8 Å². The molecule has 0 saturated carbocycles. The molecule has 4 aromatic rings. The molecule has 316 valence electrons. The lowest BCUT2D eigenvalue weighted by atomic mass is 10.1. The molecule has 0 saturated heterocycles. The zero-order valence-corrected chi connectivity index (χ0v) is 37.1. The van der Waals surface area contributed by atoms with Gasteiger partial charge in [0.1, 0.15) is 21.0 Å². The molecule has 0 aliphatic heterocycles. The van der Waals surface area contributed by atoms with Gasteiger partial charge in [0.05, 0.1) is 27.4 Å². The largest absolute Gasteiger partial charge is 0.497 e. The number of ether oxygens (including phenoxy) is 4. The van der Waals surface area contributed by atoms with Gasteiger partial charge in [-0.15, -0.1) is 13.2 Å². The van der Waals surface area contributed by atoms with Gasteiger partial charge in [0.2, 0.25) is 20.0 Å². The second kappa shape index (κ2) is 22.2. The predicted molar refractivity (Wildman–Crippen MR) is 235 cm³/mol. The molecule has 0 fully saturated rings. The Labute approximate surface area is 348 Å². The van der Waals surface area contributed by atoms with Crippen LogP contribution in [0, 0.1) is 13.8 Å². The van der Waals surface area contributed by atoms with Gasteiger partial charge in [0.15, 0.2) is 0 Å². The Hall–Kier alpha value is -4.30. The summed E-state index contributed by atoms with van der Waals surface area (Å²) < 4.78 is 76.6. The number of benzene rings is 4. The van der Waals surface area contributed by atoms with Gasteiger partial charge in [-0.05, 0) is 87.1 Å². The summed E-state index contributed by atoms with van der Waals surface area (Å²) in [5.74, 6) is 1.47. The third-order valence-corrected chi connectivity index (χ3v) is 14.9. The van der Waals surface area contributed by atoms with Crippen molar-refractivity contribution in [3.63, 3.8) is 0 Å². The first-order chi connectivity index (χ1) is 27.5. The molecule has 0 amide bonds. The summed E-state index contributed by atoms with van der Waals surface area (Å²) in [4.78, 5) is 0. The van der Waals surface area contributed by atoms with Crippen LogP contribution in [0.4, 0.5) is 0 Å². The molecule has 4 rings (SSSR count). The predicted octanol–water partition coefficient (Wildman–Crippen LogP) is 8.63. The maximum absolute atomic E-state index is 13.7. The number of rotatable bonds is 22. The van der Waals surface area contributed by atoms with Crippen molar-refractivity contribution in [2.24, 2.45) is 0 Å². The average molecular weight is 835 g/mol. The molecule has 0 aliphatic carbocycles. The lowest BCUT2D eigenvalue weighted by molar-refractivity contribution is 0.165. The molecule has 0 unspecified atom stereocenters. The van der Waals surface area contributed by atoms with Gasteiger partial charge in [-0.1, -0.05) is 96.1 Å². The number of methoxy groups -OCH3 is 4. The second-order valence-corrected chi connectivity index (χ2v) is 19.9. The summed E-state index contributed by atoms with van der Waals surface area (Å²) in [6.07, 6.45) is 3.87. The fourth-order valence-corrected chi connectivity index (χ4v) is 10.2. The highest BCUT2D eigenvalue weighted by Crippen LogP contribution is 2.31. The van der Waals surface area contributed by atoms with E-state index in [1.54, 1.807) is 40.2 Å². The lowest BCUT2D eigenvalue weighted by Crippen LogP contribution is -2.48. The Balaban J connectivity index is 0.000000310. The Morgan fingerprint density at radius 2 is 0.759 bits per heavy atom. The quantitative estimate of drug-likeness (QED) is 0.0724. The minimum Gasteiger partial charge on any atom is -0.497 e. The fourth-order valence-electron chi connectivity index (χ4n) is 6.44. The first-order valence-electron chi connectivity index (χ1n) is 19.1. The van der Waals surface area contributed by atoms with Crippen molar-refractivity contribution >= 4 is 20.0 Å². The van der Waals surface area contributed by atoms with Gasteiger partial charge in [-0.3, -0.25) is 0 Å². The van der Waals surface area contributed by atoms with Gasteiger partial charge in [0, 0.05) is 40.4 Å². The summed E-state index contributed by atoms with van der Waals surface area (Å²) in [7, 11) is -1.16. The summed E-state index contributed by atoms with van der Waals surface area (Å²) in [6, 6.07) is 30.7. The third kappa shape index (κ3) is 12.8. The number of allylic oxidation sites excluding steroid dienone is 2. The van der Waals surface area contributed by atoms with Crippen molar-refractivity contribution in [2.45, 2.75) is 76.2 Å². The van der Waals surface area contributed by atoms with E-state index in [1.165, 1.54) is 22.8 Å². The number of aryl methyl sites for hydroxylation is 2. The zero-order chi connectivity index (χ0) is 43.0. The molecular weight excluding hydrogens is 773 g/mol. The summed E-state index contributed by atoms with van der Waals surface area (Å²) in [6.45, 7) is 16.2. The molecule has 0 N–H and O–H groups in total. The van der Waals surface area contributed by atoms with Gasteiger partial charge in [-0.2, -0.15) is 8.61 Å². The first kappa shape index (κ1) is 48.1. The Morgan fingerprint density at radius 3 is 0.983 bits per heavy atom. The summed E-state index contributed by atoms with van der Waals surface area (Å²) in [5.41, 5.74) is 5.92. The summed E-state index contributed by atoms with van der Waals surface area (Å²) >= 11 is 0. The molecule has 0 aliphatic rings. The van der Waals surface area contributed by atoms with Gasteiger partial charge >= 0.3 is 0 Å². The van der Waals surface area contributed by atoms with Crippen molar-refractivity contribution in [1.82, 2.24) is 8.61 Å². The summed E-state index contributed by atoms with van der Waals surface area (Å²) in [5, 5.41) is 0. The average Bonchev–Trinajstić information content (AvgIpc) is 3.20. The van der Waals surface area contributed by atoms with Crippen LogP contribution in [-0.2, 0) is 55.7 Å². The minimum atomic E-state index is -3.70. The molecule has 4 aromatic carbocycles. The van der Waals surface area contributed by atoms with E-state index in [4.69, 9.17) is 18.9 Å². The normalized spacial score (nSPS) is 13.8. The lowest BCUT2D eigenvalue weighted by Gasteiger charge is -2.34. The first-order valence-corrected chi connectivity index (χ1v) is 22.0. The van der Waals surface area contributed by atoms with Gasteiger partial charge in [0.25, 0.3) is 0 Å². The van der Waals surface area contributed by atoms with Crippen LogP contribution in [0.25, 0.3) is 0 Å². The molecule has 0 radical (unpaired) electrons. The van der Waals surface area contributed by atoms with Crippen LogP contribution in [-0.4, -0.2) is 76.6 Å². The molecular formula is C46H62N2O8S2. The van der Waals surface area contributed by atoms with Gasteiger partial charge < -0.3 is 18.9 Å². The Morgan fingerprint density at radius 1 is 0.500 bits per heavy atom. The maximum Gasteiger partial charge on any atom is 0.222 e. The van der Waals surface area contributed by atoms with Crippen molar-refractivity contribution in [3.8, 4) is 11.5 Å². The van der Waals surface area contributed by atoms with Crippen LogP contribution < -0.4 is 9.47 Å². The Bertz CT molecular complexity index is 1940. The standard InChI is InChI=1S/2C23H31NO4S/c2*1-6-15-23(3,18-27-4)29(25,26)24(16-20-9-7-19(2)8-10-20)17-21-11-13-22(28-5)14-12-21/h2*6-14H,1,15-18H2,2-5H3/t2*23-/m10/s1. The van der Waals surface area contributed by atoms with E-state index in [1.807, 2.05) is 111 Å².